The maximum absolute atomic E-state index is 12.3. The molecule has 0 aliphatic carbocycles. The van der Waals surface area contributed by atoms with Gasteiger partial charge in [-0.2, -0.15) is 0 Å². The summed E-state index contributed by atoms with van der Waals surface area (Å²) >= 11 is 0. The van der Waals surface area contributed by atoms with Crippen LogP contribution in [0.3, 0.4) is 0 Å². The van der Waals surface area contributed by atoms with Crippen molar-refractivity contribution >= 4 is 22.6 Å². The molecule has 0 saturated heterocycles. The molecule has 3 aromatic heterocycles. The average Bonchev–Trinajstić information content (AvgIpc) is 3.05. The van der Waals surface area contributed by atoms with Gasteiger partial charge in [-0.05, 0) is 50.5 Å². The second-order valence-corrected chi connectivity index (χ2v) is 7.14. The smallest absolute Gasteiger partial charge is 0.220 e. The summed E-state index contributed by atoms with van der Waals surface area (Å²) in [4.78, 5) is 21.4. The zero-order valence-corrected chi connectivity index (χ0v) is 16.4. The molecule has 0 unspecified atom stereocenters. The van der Waals surface area contributed by atoms with E-state index in [1.54, 1.807) is 6.20 Å². The lowest BCUT2D eigenvalue weighted by atomic mass is 10.1. The van der Waals surface area contributed by atoms with Crippen LogP contribution < -0.4 is 5.32 Å². The summed E-state index contributed by atoms with van der Waals surface area (Å²) in [6.07, 6.45) is 2.78. The fourth-order valence-electron chi connectivity index (χ4n) is 3.58. The molecule has 0 fully saturated rings. The van der Waals surface area contributed by atoms with Gasteiger partial charge in [0, 0.05) is 30.6 Å². The molecule has 1 amide bonds. The van der Waals surface area contributed by atoms with Crippen molar-refractivity contribution in [1.29, 1.82) is 0 Å². The van der Waals surface area contributed by atoms with Crippen LogP contribution in [-0.4, -0.2) is 25.5 Å². The van der Waals surface area contributed by atoms with Gasteiger partial charge in [-0.25, -0.2) is 14.5 Å². The Labute approximate surface area is 163 Å². The molecule has 0 aliphatic heterocycles. The minimum absolute atomic E-state index is 0.0349. The molecule has 0 atom stereocenters. The van der Waals surface area contributed by atoms with Crippen LogP contribution in [0.4, 0.5) is 0 Å². The summed E-state index contributed by atoms with van der Waals surface area (Å²) in [6, 6.07) is 12.0. The fourth-order valence-corrected chi connectivity index (χ4v) is 3.58. The van der Waals surface area contributed by atoms with Gasteiger partial charge in [0.05, 0.1) is 5.39 Å². The topological polar surface area (TPSA) is 72.2 Å². The van der Waals surface area contributed by atoms with E-state index >= 15 is 0 Å². The summed E-state index contributed by atoms with van der Waals surface area (Å²) in [7, 11) is 0. The van der Waals surface area contributed by atoms with E-state index in [0.29, 0.717) is 25.0 Å². The van der Waals surface area contributed by atoms with Crippen molar-refractivity contribution in [2.45, 2.75) is 40.2 Å². The Kier molecular flexibility index (Phi) is 4.77. The minimum atomic E-state index is 0.0349. The van der Waals surface area contributed by atoms with E-state index in [1.165, 1.54) is 5.56 Å². The molecule has 3 heterocycles. The van der Waals surface area contributed by atoms with Gasteiger partial charge in [0.25, 0.3) is 0 Å². The number of rotatable bonds is 5. The Balaban J connectivity index is 1.50. The van der Waals surface area contributed by atoms with E-state index in [1.807, 2.05) is 55.6 Å². The first-order valence-electron chi connectivity index (χ1n) is 9.44. The lowest BCUT2D eigenvalue weighted by Crippen LogP contribution is -2.23. The summed E-state index contributed by atoms with van der Waals surface area (Å²) in [6.45, 7) is 6.61. The molecule has 6 nitrogen and oxygen atoms in total. The van der Waals surface area contributed by atoms with Gasteiger partial charge in [0.1, 0.15) is 0 Å². The summed E-state index contributed by atoms with van der Waals surface area (Å²) < 4.78 is 1.84. The van der Waals surface area contributed by atoms with Crippen molar-refractivity contribution in [3.8, 4) is 0 Å². The molecule has 0 spiro atoms. The lowest BCUT2D eigenvalue weighted by molar-refractivity contribution is -0.121. The predicted octanol–water partition coefficient (Wildman–Crippen LogP) is 3.45. The van der Waals surface area contributed by atoms with Crippen molar-refractivity contribution in [1.82, 2.24) is 24.9 Å². The summed E-state index contributed by atoms with van der Waals surface area (Å²) in [5.41, 5.74) is 6.80. The summed E-state index contributed by atoms with van der Waals surface area (Å²) in [5, 5.41) is 8.51. The molecule has 1 aromatic carbocycles. The minimum Gasteiger partial charge on any atom is -0.352 e. The van der Waals surface area contributed by atoms with Gasteiger partial charge in [-0.15, -0.1) is 5.10 Å². The van der Waals surface area contributed by atoms with Gasteiger partial charge in [0.2, 0.25) is 5.91 Å². The molecule has 0 aliphatic rings. The van der Waals surface area contributed by atoms with Crippen molar-refractivity contribution in [2.24, 2.45) is 0 Å². The van der Waals surface area contributed by atoms with Crippen molar-refractivity contribution < 1.29 is 4.79 Å². The largest absolute Gasteiger partial charge is 0.352 e. The van der Waals surface area contributed by atoms with Crippen molar-refractivity contribution in [2.75, 3.05) is 0 Å². The van der Waals surface area contributed by atoms with Crippen LogP contribution in [-0.2, 0) is 17.8 Å². The van der Waals surface area contributed by atoms with E-state index in [4.69, 9.17) is 4.98 Å². The zero-order chi connectivity index (χ0) is 19.7. The van der Waals surface area contributed by atoms with Gasteiger partial charge in [-0.3, -0.25) is 4.79 Å². The number of amides is 1. The van der Waals surface area contributed by atoms with E-state index < -0.39 is 0 Å². The molecule has 0 radical (unpaired) electrons. The molecule has 0 saturated carbocycles. The summed E-state index contributed by atoms with van der Waals surface area (Å²) in [5.74, 6) is 0.0349. The molecule has 4 rings (SSSR count). The molecular weight excluding hydrogens is 350 g/mol. The van der Waals surface area contributed by atoms with Crippen LogP contribution in [0.25, 0.3) is 16.7 Å². The Bertz CT molecular complexity index is 1180. The van der Waals surface area contributed by atoms with Crippen LogP contribution in [0.1, 0.15) is 34.5 Å². The van der Waals surface area contributed by atoms with Gasteiger partial charge < -0.3 is 5.32 Å². The monoisotopic (exact) mass is 373 g/mol. The average molecular weight is 373 g/mol. The van der Waals surface area contributed by atoms with Crippen LogP contribution in [0, 0.1) is 20.8 Å². The highest BCUT2D eigenvalue weighted by atomic mass is 16.1. The standard InChI is InChI=1S/C22H23N5O/c1-14-6-4-7-17(12-14)13-24-20(28)10-9-18-15(2)25-22-19-8-5-11-23-21(19)26-27(22)16(18)3/h4-8,11-12H,9-10,13H2,1-3H3,(H,24,28). The molecule has 1 N–H and O–H groups in total. The zero-order valence-electron chi connectivity index (χ0n) is 16.4. The number of nitrogens with zero attached hydrogens (tertiary/aromatic N) is 4. The second-order valence-electron chi connectivity index (χ2n) is 7.14. The van der Waals surface area contributed by atoms with Gasteiger partial charge in [0.15, 0.2) is 11.3 Å². The normalized spacial score (nSPS) is 11.2. The second kappa shape index (κ2) is 7.38. The predicted molar refractivity (Wildman–Crippen MR) is 109 cm³/mol. The quantitative estimate of drug-likeness (QED) is 0.582. The van der Waals surface area contributed by atoms with Crippen LogP contribution in [0.2, 0.25) is 0 Å². The number of hydrogen-bond acceptors (Lipinski definition) is 4. The highest BCUT2D eigenvalue weighted by Crippen LogP contribution is 2.21. The number of aryl methyl sites for hydroxylation is 3. The third-order valence-electron chi connectivity index (χ3n) is 5.06. The first-order valence-corrected chi connectivity index (χ1v) is 9.44. The Hall–Kier alpha value is -3.28. The SMILES string of the molecule is Cc1cccc(CNC(=O)CCc2c(C)nc3c4cccnc4nn3c2C)c1. The lowest BCUT2D eigenvalue weighted by Gasteiger charge is -2.11. The first-order chi connectivity index (χ1) is 13.5. The molecule has 4 aromatic rings. The van der Waals surface area contributed by atoms with E-state index in [0.717, 1.165) is 33.5 Å². The molecular formula is C22H23N5O. The van der Waals surface area contributed by atoms with E-state index in [9.17, 15) is 4.79 Å². The highest BCUT2D eigenvalue weighted by molar-refractivity contribution is 5.89. The number of fused-ring (bicyclic) bond motifs is 3. The highest BCUT2D eigenvalue weighted by Gasteiger charge is 2.15. The van der Waals surface area contributed by atoms with Gasteiger partial charge >= 0.3 is 0 Å². The Morgan fingerprint density at radius 3 is 2.82 bits per heavy atom. The fraction of sp³-hybridized carbons (Fsp3) is 0.273. The van der Waals surface area contributed by atoms with Crippen molar-refractivity contribution in [3.05, 3.63) is 70.7 Å². The molecule has 6 heteroatoms. The number of nitrogens with one attached hydrogen (secondary N) is 1. The first kappa shape index (κ1) is 18.1. The van der Waals surface area contributed by atoms with E-state index in [-0.39, 0.29) is 5.91 Å². The number of benzene rings is 1. The maximum atomic E-state index is 12.3. The van der Waals surface area contributed by atoms with Crippen LogP contribution in [0.15, 0.2) is 42.6 Å². The molecule has 0 bridgehead atoms. The van der Waals surface area contributed by atoms with E-state index in [2.05, 4.69) is 21.5 Å². The Morgan fingerprint density at radius 1 is 1.14 bits per heavy atom. The number of aromatic nitrogens is 4. The third kappa shape index (κ3) is 3.45. The van der Waals surface area contributed by atoms with Crippen LogP contribution >= 0.6 is 0 Å². The molecule has 28 heavy (non-hydrogen) atoms. The van der Waals surface area contributed by atoms with Crippen molar-refractivity contribution in [3.63, 3.8) is 0 Å². The third-order valence-corrected chi connectivity index (χ3v) is 5.06. The number of carbonyl (C=O) groups is 1. The number of carbonyl (C=O) groups excluding carboxylic acids is 1. The van der Waals surface area contributed by atoms with Crippen LogP contribution in [0.5, 0.6) is 0 Å². The maximum Gasteiger partial charge on any atom is 0.220 e. The number of pyridine rings is 1. The number of hydrogen-bond donors (Lipinski definition) is 1. The molecule has 142 valence electrons. The van der Waals surface area contributed by atoms with Gasteiger partial charge in [-0.1, -0.05) is 29.8 Å². The Morgan fingerprint density at radius 2 is 2.00 bits per heavy atom.